The number of ether oxygens (including phenoxy) is 1. The summed E-state index contributed by atoms with van der Waals surface area (Å²) in [5.41, 5.74) is 2.82. The Kier molecular flexibility index (Phi) is 5.56. The molecule has 1 fully saturated rings. The third-order valence-electron chi connectivity index (χ3n) is 4.28. The molecule has 0 spiro atoms. The van der Waals surface area contributed by atoms with Crippen molar-refractivity contribution in [2.75, 3.05) is 18.5 Å². The van der Waals surface area contributed by atoms with Gasteiger partial charge in [0.2, 0.25) is 0 Å². The predicted octanol–water partition coefficient (Wildman–Crippen LogP) is 3.56. The third-order valence-corrected chi connectivity index (χ3v) is 4.28. The van der Waals surface area contributed by atoms with Crippen LogP contribution in [0.25, 0.3) is 0 Å². The van der Waals surface area contributed by atoms with Gasteiger partial charge in [-0.15, -0.1) is 0 Å². The number of rotatable bonds is 7. The van der Waals surface area contributed by atoms with Crippen LogP contribution in [0.5, 0.6) is 5.75 Å². The molecule has 0 saturated heterocycles. The Bertz CT molecular complexity index is 714. The van der Waals surface area contributed by atoms with Gasteiger partial charge in [-0.25, -0.2) is 4.79 Å². The minimum Gasteiger partial charge on any atom is -0.489 e. The number of urea groups is 1. The van der Waals surface area contributed by atoms with Crippen LogP contribution in [-0.4, -0.2) is 35.2 Å². The second kappa shape index (κ2) is 8.03. The summed E-state index contributed by atoms with van der Waals surface area (Å²) in [6, 6.07) is 15.7. The molecule has 0 unspecified atom stereocenters. The summed E-state index contributed by atoms with van der Waals surface area (Å²) in [6.45, 7) is 2.80. The van der Waals surface area contributed by atoms with E-state index in [1.807, 2.05) is 55.5 Å². The SMILES string of the molecule is Cc1cc(OCc2ccccc2)ccc1NC(=O)N(CCO)C1CC1. The molecule has 0 aliphatic heterocycles. The number of aryl methyl sites for hydroxylation is 1. The summed E-state index contributed by atoms with van der Waals surface area (Å²) in [7, 11) is 0. The first kappa shape index (κ1) is 17.3. The standard InChI is InChI=1S/C20H24N2O3/c1-15-13-18(25-14-16-5-3-2-4-6-16)9-10-19(15)21-20(24)22(11-12-23)17-7-8-17/h2-6,9-10,13,17,23H,7-8,11-12,14H2,1H3,(H,21,24). The summed E-state index contributed by atoms with van der Waals surface area (Å²) in [5, 5.41) is 12.1. The minimum atomic E-state index is -0.155. The van der Waals surface area contributed by atoms with Crippen LogP contribution in [0.15, 0.2) is 48.5 Å². The smallest absolute Gasteiger partial charge is 0.322 e. The van der Waals surface area contributed by atoms with Gasteiger partial charge in [-0.2, -0.15) is 0 Å². The summed E-state index contributed by atoms with van der Waals surface area (Å²) in [4.78, 5) is 14.1. The lowest BCUT2D eigenvalue weighted by atomic mass is 10.2. The van der Waals surface area contributed by atoms with Crippen molar-refractivity contribution in [3.63, 3.8) is 0 Å². The molecule has 0 atom stereocenters. The van der Waals surface area contributed by atoms with Gasteiger partial charge in [0.15, 0.2) is 0 Å². The molecule has 0 bridgehead atoms. The summed E-state index contributed by atoms with van der Waals surface area (Å²) < 4.78 is 5.81. The van der Waals surface area contributed by atoms with Crippen LogP contribution in [0.1, 0.15) is 24.0 Å². The molecular formula is C20H24N2O3. The zero-order valence-electron chi connectivity index (χ0n) is 14.4. The van der Waals surface area contributed by atoms with Crippen molar-refractivity contribution in [2.24, 2.45) is 0 Å². The number of carbonyl (C=O) groups is 1. The lowest BCUT2D eigenvalue weighted by Gasteiger charge is -2.22. The number of benzene rings is 2. The summed E-state index contributed by atoms with van der Waals surface area (Å²) in [5.74, 6) is 0.772. The second-order valence-electron chi connectivity index (χ2n) is 6.33. The number of nitrogens with zero attached hydrogens (tertiary/aromatic N) is 1. The summed E-state index contributed by atoms with van der Waals surface area (Å²) >= 11 is 0. The zero-order valence-corrected chi connectivity index (χ0v) is 14.4. The van der Waals surface area contributed by atoms with Gasteiger partial charge < -0.3 is 20.1 Å². The predicted molar refractivity (Wildman–Crippen MR) is 97.8 cm³/mol. The quantitative estimate of drug-likeness (QED) is 0.810. The number of nitrogens with one attached hydrogen (secondary N) is 1. The van der Waals surface area contributed by atoms with E-state index >= 15 is 0 Å². The first-order valence-electron chi connectivity index (χ1n) is 8.63. The highest BCUT2D eigenvalue weighted by Gasteiger charge is 2.32. The molecular weight excluding hydrogens is 316 g/mol. The van der Waals surface area contributed by atoms with Crippen LogP contribution < -0.4 is 10.1 Å². The Morgan fingerprint density at radius 2 is 2.00 bits per heavy atom. The van der Waals surface area contributed by atoms with Gasteiger partial charge in [0, 0.05) is 18.3 Å². The van der Waals surface area contributed by atoms with E-state index in [9.17, 15) is 4.79 Å². The molecule has 25 heavy (non-hydrogen) atoms. The first-order valence-corrected chi connectivity index (χ1v) is 8.63. The highest BCUT2D eigenvalue weighted by Crippen LogP contribution is 2.28. The Morgan fingerprint density at radius 3 is 2.64 bits per heavy atom. The fourth-order valence-corrected chi connectivity index (χ4v) is 2.74. The van der Waals surface area contributed by atoms with Gasteiger partial charge >= 0.3 is 6.03 Å². The monoisotopic (exact) mass is 340 g/mol. The molecule has 132 valence electrons. The van der Waals surface area contributed by atoms with Crippen molar-refractivity contribution in [3.05, 3.63) is 59.7 Å². The van der Waals surface area contributed by atoms with Crippen LogP contribution in [0.2, 0.25) is 0 Å². The van der Waals surface area contributed by atoms with Gasteiger partial charge in [-0.05, 0) is 49.1 Å². The average molecular weight is 340 g/mol. The molecule has 0 aromatic heterocycles. The van der Waals surface area contributed by atoms with E-state index in [2.05, 4.69) is 5.32 Å². The van der Waals surface area contributed by atoms with Gasteiger partial charge in [-0.1, -0.05) is 30.3 Å². The van der Waals surface area contributed by atoms with Crippen LogP contribution in [0.4, 0.5) is 10.5 Å². The largest absolute Gasteiger partial charge is 0.489 e. The number of aliphatic hydroxyl groups excluding tert-OH is 1. The van der Waals surface area contributed by atoms with E-state index in [0.29, 0.717) is 13.2 Å². The van der Waals surface area contributed by atoms with Gasteiger partial charge in [0.25, 0.3) is 0 Å². The molecule has 1 aliphatic rings. The van der Waals surface area contributed by atoms with Crippen molar-refractivity contribution in [3.8, 4) is 5.75 Å². The summed E-state index contributed by atoms with van der Waals surface area (Å²) in [6.07, 6.45) is 2.03. The molecule has 5 nitrogen and oxygen atoms in total. The van der Waals surface area contributed by atoms with Crippen molar-refractivity contribution in [2.45, 2.75) is 32.4 Å². The van der Waals surface area contributed by atoms with Gasteiger partial charge in [0.1, 0.15) is 12.4 Å². The Hall–Kier alpha value is -2.53. The van der Waals surface area contributed by atoms with Crippen LogP contribution in [0, 0.1) is 6.92 Å². The molecule has 0 radical (unpaired) electrons. The number of carbonyl (C=O) groups excluding carboxylic acids is 1. The van der Waals surface area contributed by atoms with Crippen molar-refractivity contribution >= 4 is 11.7 Å². The molecule has 2 N–H and O–H groups in total. The number of anilines is 1. The van der Waals surface area contributed by atoms with Crippen LogP contribution in [-0.2, 0) is 6.61 Å². The topological polar surface area (TPSA) is 61.8 Å². The van der Waals surface area contributed by atoms with Crippen LogP contribution in [0.3, 0.4) is 0 Å². The van der Waals surface area contributed by atoms with Crippen molar-refractivity contribution in [1.82, 2.24) is 4.90 Å². The molecule has 3 rings (SSSR count). The normalized spacial score (nSPS) is 13.4. The molecule has 2 aromatic carbocycles. The van der Waals surface area contributed by atoms with E-state index in [-0.39, 0.29) is 18.7 Å². The fraction of sp³-hybridized carbons (Fsp3) is 0.350. The maximum absolute atomic E-state index is 12.4. The van der Waals surface area contributed by atoms with E-state index in [1.165, 1.54) is 0 Å². The van der Waals surface area contributed by atoms with Gasteiger partial charge in [0.05, 0.1) is 6.61 Å². The Morgan fingerprint density at radius 1 is 1.24 bits per heavy atom. The first-order chi connectivity index (χ1) is 12.2. The van der Waals surface area contributed by atoms with E-state index in [0.717, 1.165) is 35.4 Å². The average Bonchev–Trinajstić information content (AvgIpc) is 3.45. The lowest BCUT2D eigenvalue weighted by Crippen LogP contribution is -2.38. The van der Waals surface area contributed by atoms with Crippen molar-refractivity contribution in [1.29, 1.82) is 0 Å². The highest BCUT2D eigenvalue weighted by atomic mass is 16.5. The molecule has 2 amide bonds. The van der Waals surface area contributed by atoms with Gasteiger partial charge in [-0.3, -0.25) is 0 Å². The molecule has 2 aromatic rings. The zero-order chi connectivity index (χ0) is 17.6. The number of hydrogen-bond acceptors (Lipinski definition) is 3. The molecule has 1 saturated carbocycles. The van der Waals surface area contributed by atoms with Crippen molar-refractivity contribution < 1.29 is 14.6 Å². The van der Waals surface area contributed by atoms with E-state index < -0.39 is 0 Å². The number of amides is 2. The highest BCUT2D eigenvalue weighted by molar-refractivity contribution is 5.90. The Labute approximate surface area is 148 Å². The second-order valence-corrected chi connectivity index (χ2v) is 6.33. The number of hydrogen-bond donors (Lipinski definition) is 2. The third kappa shape index (κ3) is 4.73. The maximum Gasteiger partial charge on any atom is 0.322 e. The Balaban J connectivity index is 1.60. The maximum atomic E-state index is 12.4. The fourth-order valence-electron chi connectivity index (χ4n) is 2.74. The lowest BCUT2D eigenvalue weighted by molar-refractivity contribution is 0.185. The number of aliphatic hydroxyl groups is 1. The van der Waals surface area contributed by atoms with E-state index in [4.69, 9.17) is 9.84 Å². The minimum absolute atomic E-state index is 0.0187. The van der Waals surface area contributed by atoms with E-state index in [1.54, 1.807) is 4.90 Å². The molecule has 1 aliphatic carbocycles. The molecule has 5 heteroatoms. The molecule has 0 heterocycles. The van der Waals surface area contributed by atoms with Crippen LogP contribution >= 0.6 is 0 Å².